The molecule has 3 aromatic rings. The van der Waals surface area contributed by atoms with Gasteiger partial charge in [0.2, 0.25) is 5.91 Å². The molecule has 1 aliphatic rings. The van der Waals surface area contributed by atoms with Gasteiger partial charge in [-0.05, 0) is 44.9 Å². The Hall–Kier alpha value is -3.58. The van der Waals surface area contributed by atoms with E-state index in [0.717, 1.165) is 16.3 Å². The Kier molecular flexibility index (Phi) is 5.76. The molecular weight excluding hydrogens is 404 g/mol. The van der Waals surface area contributed by atoms with Crippen LogP contribution in [0.5, 0.6) is 5.75 Å². The highest BCUT2D eigenvalue weighted by atomic mass is 16.5. The number of hydrogen-bond acceptors (Lipinski definition) is 6. The largest absolute Gasteiger partial charge is 0.489 e. The van der Waals surface area contributed by atoms with Crippen molar-refractivity contribution in [3.05, 3.63) is 83.4 Å². The van der Waals surface area contributed by atoms with E-state index < -0.39 is 5.41 Å². The van der Waals surface area contributed by atoms with Crippen molar-refractivity contribution in [2.45, 2.75) is 32.6 Å². The Balaban J connectivity index is 1.58. The molecule has 1 saturated carbocycles. The maximum Gasteiger partial charge on any atom is 0.245 e. The lowest BCUT2D eigenvalue weighted by Gasteiger charge is -2.22. The first-order valence-electron chi connectivity index (χ1n) is 10.5. The van der Waals surface area contributed by atoms with Gasteiger partial charge in [-0.25, -0.2) is 20.8 Å². The van der Waals surface area contributed by atoms with Crippen LogP contribution in [0.2, 0.25) is 0 Å². The summed E-state index contributed by atoms with van der Waals surface area (Å²) in [6, 6.07) is 16.6. The maximum absolute atomic E-state index is 13.3. The lowest BCUT2D eigenvalue weighted by molar-refractivity contribution is -0.120. The number of carbonyl (C=O) groups excluding carboxylic acids is 2. The Bertz CT molecular complexity index is 1160. The van der Waals surface area contributed by atoms with Crippen LogP contribution >= 0.6 is 0 Å². The van der Waals surface area contributed by atoms with Gasteiger partial charge in [0.15, 0.2) is 11.5 Å². The number of carbonyl (C=O) groups is 2. The van der Waals surface area contributed by atoms with E-state index in [-0.39, 0.29) is 17.6 Å². The summed E-state index contributed by atoms with van der Waals surface area (Å²) < 4.78 is 6.11. The van der Waals surface area contributed by atoms with Crippen LogP contribution in [0.3, 0.4) is 0 Å². The first-order chi connectivity index (χ1) is 15.3. The van der Waals surface area contributed by atoms with Gasteiger partial charge >= 0.3 is 0 Å². The second kappa shape index (κ2) is 8.51. The van der Waals surface area contributed by atoms with E-state index in [1.807, 2.05) is 44.2 Å². The van der Waals surface area contributed by atoms with Crippen molar-refractivity contribution in [2.75, 3.05) is 11.6 Å². The molecule has 1 heterocycles. The number of anilines is 1. The summed E-state index contributed by atoms with van der Waals surface area (Å²) >= 11 is 0. The molecule has 1 amide bonds. The van der Waals surface area contributed by atoms with Crippen molar-refractivity contribution < 1.29 is 14.3 Å². The summed E-state index contributed by atoms with van der Waals surface area (Å²) in [4.78, 5) is 33.6. The molecule has 32 heavy (non-hydrogen) atoms. The zero-order valence-electron chi connectivity index (χ0n) is 18.4. The monoisotopic (exact) mass is 430 g/mol. The molecule has 0 unspecified atom stereocenters. The number of hydrazine groups is 1. The van der Waals surface area contributed by atoms with Gasteiger partial charge in [-0.2, -0.15) is 0 Å². The molecular formula is C25H26N4O3. The van der Waals surface area contributed by atoms with Gasteiger partial charge in [-0.3, -0.25) is 9.59 Å². The smallest absolute Gasteiger partial charge is 0.245 e. The summed E-state index contributed by atoms with van der Waals surface area (Å²) in [6.45, 7) is 5.49. The van der Waals surface area contributed by atoms with Crippen molar-refractivity contribution in [3.63, 3.8) is 0 Å². The molecule has 4 rings (SSSR count). The SMILES string of the molecule is CC(=O)c1cccc(N(N)C(=O)[C@@H]2C[C@@]2(COc2cnc(C)nc2C)c2ccccc2)c1. The van der Waals surface area contributed by atoms with Crippen LogP contribution in [0.25, 0.3) is 0 Å². The summed E-state index contributed by atoms with van der Waals surface area (Å²) in [7, 11) is 0. The van der Waals surface area contributed by atoms with E-state index in [9.17, 15) is 9.59 Å². The minimum absolute atomic E-state index is 0.0816. The molecule has 2 aromatic carbocycles. The lowest BCUT2D eigenvalue weighted by Crippen LogP contribution is -2.41. The Morgan fingerprint density at radius 3 is 2.59 bits per heavy atom. The number of nitrogens with zero attached hydrogens (tertiary/aromatic N) is 3. The van der Waals surface area contributed by atoms with E-state index in [4.69, 9.17) is 10.6 Å². The number of rotatable bonds is 7. The Morgan fingerprint density at radius 2 is 1.91 bits per heavy atom. The van der Waals surface area contributed by atoms with Crippen LogP contribution < -0.4 is 15.6 Å². The number of benzene rings is 2. The molecule has 7 nitrogen and oxygen atoms in total. The molecule has 7 heteroatoms. The zero-order chi connectivity index (χ0) is 22.9. The predicted octanol–water partition coefficient (Wildman–Crippen LogP) is 3.54. The van der Waals surface area contributed by atoms with Crippen LogP contribution in [0.15, 0.2) is 60.8 Å². The quantitative estimate of drug-likeness (QED) is 0.266. The fraction of sp³-hybridized carbons (Fsp3) is 0.280. The Morgan fingerprint density at radius 1 is 1.16 bits per heavy atom. The van der Waals surface area contributed by atoms with Gasteiger partial charge in [0.05, 0.1) is 30.1 Å². The van der Waals surface area contributed by atoms with Crippen molar-refractivity contribution in [3.8, 4) is 5.75 Å². The third kappa shape index (κ3) is 4.11. The normalized spacial score (nSPS) is 19.3. The number of ketones is 1. The first-order valence-corrected chi connectivity index (χ1v) is 10.5. The van der Waals surface area contributed by atoms with Crippen molar-refractivity contribution >= 4 is 17.4 Å². The second-order valence-electron chi connectivity index (χ2n) is 8.25. The third-order valence-corrected chi connectivity index (χ3v) is 6.03. The number of amides is 1. The summed E-state index contributed by atoms with van der Waals surface area (Å²) in [5.74, 6) is 6.85. The van der Waals surface area contributed by atoms with Gasteiger partial charge in [-0.15, -0.1) is 0 Å². The predicted molar refractivity (Wildman–Crippen MR) is 121 cm³/mol. The van der Waals surface area contributed by atoms with Crippen molar-refractivity contribution in [1.29, 1.82) is 0 Å². The van der Waals surface area contributed by atoms with E-state index in [2.05, 4.69) is 9.97 Å². The number of aryl methyl sites for hydroxylation is 2. The molecule has 0 saturated heterocycles. The number of aromatic nitrogens is 2. The molecule has 1 aliphatic carbocycles. The molecule has 0 aliphatic heterocycles. The molecule has 0 spiro atoms. The molecule has 0 bridgehead atoms. The first kappa shape index (κ1) is 21.6. The van der Waals surface area contributed by atoms with Crippen molar-refractivity contribution in [2.24, 2.45) is 11.8 Å². The van der Waals surface area contributed by atoms with E-state index >= 15 is 0 Å². The van der Waals surface area contributed by atoms with E-state index in [1.54, 1.807) is 30.5 Å². The number of nitrogens with two attached hydrogens (primary N) is 1. The van der Waals surface area contributed by atoms with Crippen LogP contribution in [0.1, 0.15) is 40.8 Å². The molecule has 2 atom stereocenters. The van der Waals surface area contributed by atoms with Crippen LogP contribution in [-0.2, 0) is 10.2 Å². The number of ether oxygens (including phenoxy) is 1. The van der Waals surface area contributed by atoms with Gasteiger partial charge in [-0.1, -0.05) is 42.5 Å². The number of hydrogen-bond donors (Lipinski definition) is 1. The average Bonchev–Trinajstić information content (AvgIpc) is 3.54. The number of Topliss-reactive ketones (excluding diaryl/α,β-unsaturated/α-hetero) is 1. The topological polar surface area (TPSA) is 98.4 Å². The highest BCUT2D eigenvalue weighted by molar-refractivity contribution is 6.00. The van der Waals surface area contributed by atoms with E-state index in [1.165, 1.54) is 6.92 Å². The third-order valence-electron chi connectivity index (χ3n) is 6.03. The highest BCUT2D eigenvalue weighted by Gasteiger charge is 2.61. The zero-order valence-corrected chi connectivity index (χ0v) is 18.4. The van der Waals surface area contributed by atoms with Gasteiger partial charge in [0, 0.05) is 11.0 Å². The fourth-order valence-electron chi connectivity index (χ4n) is 4.05. The average molecular weight is 431 g/mol. The summed E-state index contributed by atoms with van der Waals surface area (Å²) in [5, 5.41) is 1.14. The fourth-order valence-corrected chi connectivity index (χ4v) is 4.05. The lowest BCUT2D eigenvalue weighted by atomic mass is 9.93. The standard InChI is InChI=1S/C25H26N4O3/c1-16-23(14-27-18(3)28-16)32-15-25(20-9-5-4-6-10-20)13-22(25)24(31)29(26)21-11-7-8-19(12-21)17(2)30/h4-12,14,22H,13,15,26H2,1-3H3/t22-,25+/m0/s1. The van der Waals surface area contributed by atoms with Gasteiger partial charge < -0.3 is 4.74 Å². The summed E-state index contributed by atoms with van der Waals surface area (Å²) in [5.41, 5.74) is 2.28. The minimum atomic E-state index is -0.495. The van der Waals surface area contributed by atoms with Crippen LogP contribution in [-0.4, -0.2) is 28.3 Å². The van der Waals surface area contributed by atoms with Crippen LogP contribution in [0, 0.1) is 19.8 Å². The molecule has 0 radical (unpaired) electrons. The molecule has 1 fully saturated rings. The molecule has 1 aromatic heterocycles. The van der Waals surface area contributed by atoms with Gasteiger partial charge in [0.1, 0.15) is 5.82 Å². The minimum Gasteiger partial charge on any atom is -0.489 e. The van der Waals surface area contributed by atoms with Crippen molar-refractivity contribution in [1.82, 2.24) is 9.97 Å². The maximum atomic E-state index is 13.3. The molecule has 2 N–H and O–H groups in total. The molecule has 164 valence electrons. The second-order valence-corrected chi connectivity index (χ2v) is 8.25. The van der Waals surface area contributed by atoms with Crippen LogP contribution in [0.4, 0.5) is 5.69 Å². The van der Waals surface area contributed by atoms with E-state index in [0.29, 0.717) is 35.9 Å². The van der Waals surface area contributed by atoms with Gasteiger partial charge in [0.25, 0.3) is 0 Å². The Labute approximate surface area is 187 Å². The highest BCUT2D eigenvalue weighted by Crippen LogP contribution is 2.55. The summed E-state index contributed by atoms with van der Waals surface area (Å²) in [6.07, 6.45) is 2.28.